The van der Waals surface area contributed by atoms with Crippen LogP contribution in [0, 0.1) is 5.92 Å². The molecule has 3 heteroatoms. The first kappa shape index (κ1) is 18.1. The van der Waals surface area contributed by atoms with Gasteiger partial charge in [0.05, 0.1) is 12.7 Å². The summed E-state index contributed by atoms with van der Waals surface area (Å²) < 4.78 is 5.58. The second kappa shape index (κ2) is 9.93. The standard InChI is InChI=1S/C18H32N2O/c1-15(2)12-19-13-17-6-8-18(9-7-17)14-20(5)10-11-21-16(3)4/h6-9,15-16,19H,10-14H2,1-5H3. The van der Waals surface area contributed by atoms with Crippen LogP contribution in [0.25, 0.3) is 0 Å². The highest BCUT2D eigenvalue weighted by Crippen LogP contribution is 2.07. The highest BCUT2D eigenvalue weighted by molar-refractivity contribution is 5.22. The molecule has 1 aromatic carbocycles. The lowest BCUT2D eigenvalue weighted by molar-refractivity contribution is 0.0627. The molecule has 0 saturated carbocycles. The highest BCUT2D eigenvalue weighted by Gasteiger charge is 2.02. The van der Waals surface area contributed by atoms with Crippen LogP contribution in [0.5, 0.6) is 0 Å². The molecule has 21 heavy (non-hydrogen) atoms. The smallest absolute Gasteiger partial charge is 0.0596 e. The first-order valence-electron chi connectivity index (χ1n) is 8.06. The number of hydrogen-bond donors (Lipinski definition) is 1. The second-order valence-electron chi connectivity index (χ2n) is 6.50. The van der Waals surface area contributed by atoms with Crippen molar-refractivity contribution in [3.8, 4) is 0 Å². The molecule has 1 N–H and O–H groups in total. The number of benzene rings is 1. The first-order valence-corrected chi connectivity index (χ1v) is 8.06. The third kappa shape index (κ3) is 8.86. The van der Waals surface area contributed by atoms with E-state index in [1.807, 2.05) is 0 Å². The van der Waals surface area contributed by atoms with Gasteiger partial charge in [0, 0.05) is 19.6 Å². The third-order valence-electron chi connectivity index (χ3n) is 3.28. The SMILES string of the molecule is CC(C)CNCc1ccc(CN(C)CCOC(C)C)cc1. The number of nitrogens with one attached hydrogen (secondary N) is 1. The van der Waals surface area contributed by atoms with Gasteiger partial charge in [-0.2, -0.15) is 0 Å². The van der Waals surface area contributed by atoms with Gasteiger partial charge in [-0.1, -0.05) is 38.1 Å². The van der Waals surface area contributed by atoms with Crippen molar-refractivity contribution < 1.29 is 4.74 Å². The highest BCUT2D eigenvalue weighted by atomic mass is 16.5. The summed E-state index contributed by atoms with van der Waals surface area (Å²) >= 11 is 0. The zero-order chi connectivity index (χ0) is 15.7. The number of likely N-dealkylation sites (N-methyl/N-ethyl adjacent to an activating group) is 1. The molecule has 0 atom stereocenters. The minimum absolute atomic E-state index is 0.316. The summed E-state index contributed by atoms with van der Waals surface area (Å²) in [6.07, 6.45) is 0.316. The van der Waals surface area contributed by atoms with Crippen LogP contribution in [0.2, 0.25) is 0 Å². The Hall–Kier alpha value is -0.900. The fourth-order valence-electron chi connectivity index (χ4n) is 2.10. The van der Waals surface area contributed by atoms with Crippen LogP contribution in [-0.2, 0) is 17.8 Å². The van der Waals surface area contributed by atoms with Crippen molar-refractivity contribution in [1.82, 2.24) is 10.2 Å². The molecule has 0 aromatic heterocycles. The lowest BCUT2D eigenvalue weighted by atomic mass is 10.1. The molecule has 1 aromatic rings. The Morgan fingerprint density at radius 3 is 2.24 bits per heavy atom. The first-order chi connectivity index (χ1) is 9.97. The molecule has 0 aliphatic carbocycles. The molecule has 0 aliphatic rings. The van der Waals surface area contributed by atoms with E-state index < -0.39 is 0 Å². The van der Waals surface area contributed by atoms with Crippen LogP contribution < -0.4 is 5.32 Å². The maximum absolute atomic E-state index is 5.58. The normalized spacial score (nSPS) is 11.8. The summed E-state index contributed by atoms with van der Waals surface area (Å²) in [6, 6.07) is 8.90. The molecular weight excluding hydrogens is 260 g/mol. The largest absolute Gasteiger partial charge is 0.377 e. The fraction of sp³-hybridized carbons (Fsp3) is 0.667. The predicted molar refractivity (Wildman–Crippen MR) is 90.4 cm³/mol. The summed E-state index contributed by atoms with van der Waals surface area (Å²) in [7, 11) is 2.14. The molecule has 0 amide bonds. The van der Waals surface area contributed by atoms with Gasteiger partial charge in [0.15, 0.2) is 0 Å². The Morgan fingerprint density at radius 2 is 1.67 bits per heavy atom. The van der Waals surface area contributed by atoms with Crippen molar-refractivity contribution in [1.29, 1.82) is 0 Å². The van der Waals surface area contributed by atoms with E-state index in [0.29, 0.717) is 12.0 Å². The number of rotatable bonds is 10. The fourth-order valence-corrected chi connectivity index (χ4v) is 2.10. The molecule has 3 nitrogen and oxygen atoms in total. The maximum Gasteiger partial charge on any atom is 0.0596 e. The molecule has 0 heterocycles. The van der Waals surface area contributed by atoms with E-state index in [4.69, 9.17) is 4.74 Å². The van der Waals surface area contributed by atoms with E-state index in [2.05, 4.69) is 69.2 Å². The second-order valence-corrected chi connectivity index (χ2v) is 6.50. The Labute approximate surface area is 130 Å². The van der Waals surface area contributed by atoms with Crippen molar-refractivity contribution in [3.05, 3.63) is 35.4 Å². The number of ether oxygens (including phenoxy) is 1. The Balaban J connectivity index is 2.29. The molecule has 0 fully saturated rings. The molecular formula is C18H32N2O. The zero-order valence-electron chi connectivity index (χ0n) is 14.4. The molecule has 0 aliphatic heterocycles. The quantitative estimate of drug-likeness (QED) is 0.716. The van der Waals surface area contributed by atoms with E-state index in [-0.39, 0.29) is 0 Å². The van der Waals surface area contributed by atoms with Crippen LogP contribution in [0.1, 0.15) is 38.8 Å². The Bertz CT molecular complexity index is 373. The Morgan fingerprint density at radius 1 is 1.05 bits per heavy atom. The van der Waals surface area contributed by atoms with Crippen molar-refractivity contribution in [2.75, 3.05) is 26.7 Å². The average Bonchev–Trinajstić information content (AvgIpc) is 2.40. The maximum atomic E-state index is 5.58. The van der Waals surface area contributed by atoms with Gasteiger partial charge in [-0.25, -0.2) is 0 Å². The molecule has 1 rings (SSSR count). The zero-order valence-corrected chi connectivity index (χ0v) is 14.4. The van der Waals surface area contributed by atoms with Crippen molar-refractivity contribution in [2.45, 2.75) is 46.9 Å². The van der Waals surface area contributed by atoms with Gasteiger partial charge in [-0.05, 0) is 44.5 Å². The van der Waals surface area contributed by atoms with Crippen LogP contribution in [-0.4, -0.2) is 37.7 Å². The van der Waals surface area contributed by atoms with Gasteiger partial charge in [-0.3, -0.25) is 4.90 Å². The summed E-state index contributed by atoms with van der Waals surface area (Å²) in [5.41, 5.74) is 2.71. The van der Waals surface area contributed by atoms with Crippen LogP contribution >= 0.6 is 0 Å². The molecule has 0 saturated heterocycles. The summed E-state index contributed by atoms with van der Waals surface area (Å²) in [6.45, 7) is 13.4. The molecule has 0 radical (unpaired) electrons. The van der Waals surface area contributed by atoms with Crippen molar-refractivity contribution in [3.63, 3.8) is 0 Å². The van der Waals surface area contributed by atoms with E-state index in [1.54, 1.807) is 0 Å². The minimum Gasteiger partial charge on any atom is -0.377 e. The summed E-state index contributed by atoms with van der Waals surface area (Å²) in [4.78, 5) is 2.30. The topological polar surface area (TPSA) is 24.5 Å². The van der Waals surface area contributed by atoms with Crippen LogP contribution in [0.4, 0.5) is 0 Å². The van der Waals surface area contributed by atoms with Gasteiger partial charge in [0.2, 0.25) is 0 Å². The third-order valence-corrected chi connectivity index (χ3v) is 3.28. The minimum atomic E-state index is 0.316. The van der Waals surface area contributed by atoms with Gasteiger partial charge in [0.1, 0.15) is 0 Å². The lowest BCUT2D eigenvalue weighted by Crippen LogP contribution is -2.24. The molecule has 120 valence electrons. The molecule has 0 unspecified atom stereocenters. The van der Waals surface area contributed by atoms with Gasteiger partial charge in [0.25, 0.3) is 0 Å². The van der Waals surface area contributed by atoms with E-state index in [9.17, 15) is 0 Å². The summed E-state index contributed by atoms with van der Waals surface area (Å²) in [5, 5.41) is 3.47. The monoisotopic (exact) mass is 292 g/mol. The van der Waals surface area contributed by atoms with Gasteiger partial charge >= 0.3 is 0 Å². The predicted octanol–water partition coefficient (Wildman–Crippen LogP) is 3.29. The van der Waals surface area contributed by atoms with E-state index >= 15 is 0 Å². The van der Waals surface area contributed by atoms with Gasteiger partial charge in [-0.15, -0.1) is 0 Å². The van der Waals surface area contributed by atoms with Gasteiger partial charge < -0.3 is 10.1 Å². The lowest BCUT2D eigenvalue weighted by Gasteiger charge is -2.18. The summed E-state index contributed by atoms with van der Waals surface area (Å²) in [5.74, 6) is 0.700. The molecule has 0 bridgehead atoms. The van der Waals surface area contributed by atoms with Crippen molar-refractivity contribution >= 4 is 0 Å². The average molecular weight is 292 g/mol. The van der Waals surface area contributed by atoms with Crippen LogP contribution in [0.3, 0.4) is 0 Å². The van der Waals surface area contributed by atoms with E-state index in [1.165, 1.54) is 11.1 Å². The van der Waals surface area contributed by atoms with Crippen LogP contribution in [0.15, 0.2) is 24.3 Å². The van der Waals surface area contributed by atoms with E-state index in [0.717, 1.165) is 32.8 Å². The van der Waals surface area contributed by atoms with Crippen molar-refractivity contribution in [2.24, 2.45) is 5.92 Å². The number of hydrogen-bond acceptors (Lipinski definition) is 3. The number of nitrogens with zero attached hydrogens (tertiary/aromatic N) is 1. The molecule has 0 spiro atoms. The Kier molecular flexibility index (Phi) is 8.58.